The molecule has 0 saturated carbocycles. The molecule has 28 heavy (non-hydrogen) atoms. The molecule has 140 valence electrons. The standard InChI is InChI=1S/C23H21N3O2/c1-28-19-8-9-22(27)20(14-19)21-12-18(17-6-4-16(15-24)5-7-17)13-23(25-21)26-10-2-3-11-26/h4-9,12-14,27H,2-3,10-11H2,1H3. The molecule has 4 rings (SSSR count). The Kier molecular flexibility index (Phi) is 4.86. The Bertz CT molecular complexity index is 1030. The maximum atomic E-state index is 10.4. The predicted molar refractivity (Wildman–Crippen MR) is 109 cm³/mol. The lowest BCUT2D eigenvalue weighted by atomic mass is 10.0. The van der Waals surface area contributed by atoms with Gasteiger partial charge in [-0.2, -0.15) is 5.26 Å². The Morgan fingerprint density at radius 3 is 2.43 bits per heavy atom. The maximum Gasteiger partial charge on any atom is 0.129 e. The van der Waals surface area contributed by atoms with Gasteiger partial charge in [0.1, 0.15) is 17.3 Å². The molecule has 0 amide bonds. The third-order valence-electron chi connectivity index (χ3n) is 5.07. The van der Waals surface area contributed by atoms with Gasteiger partial charge in [-0.3, -0.25) is 0 Å². The summed E-state index contributed by atoms with van der Waals surface area (Å²) < 4.78 is 5.32. The second kappa shape index (κ2) is 7.61. The lowest BCUT2D eigenvalue weighted by molar-refractivity contribution is 0.412. The predicted octanol–water partition coefficient (Wildman–Crippen LogP) is 4.60. The fourth-order valence-electron chi connectivity index (χ4n) is 3.51. The van der Waals surface area contributed by atoms with E-state index in [9.17, 15) is 5.11 Å². The van der Waals surface area contributed by atoms with Crippen LogP contribution >= 0.6 is 0 Å². The molecule has 1 aliphatic heterocycles. The van der Waals surface area contributed by atoms with Crippen LogP contribution in [0.4, 0.5) is 5.82 Å². The SMILES string of the molecule is COc1ccc(O)c(-c2cc(-c3ccc(C#N)cc3)cc(N3CCCC3)n2)c1. The molecule has 0 radical (unpaired) electrons. The number of nitriles is 1. The minimum absolute atomic E-state index is 0.164. The van der Waals surface area contributed by atoms with Gasteiger partial charge in [0.15, 0.2) is 0 Å². The second-order valence-electron chi connectivity index (χ2n) is 6.87. The van der Waals surface area contributed by atoms with Gasteiger partial charge in [-0.1, -0.05) is 12.1 Å². The van der Waals surface area contributed by atoms with E-state index in [-0.39, 0.29) is 5.75 Å². The van der Waals surface area contributed by atoms with E-state index in [1.165, 1.54) is 0 Å². The van der Waals surface area contributed by atoms with Gasteiger partial charge in [-0.05, 0) is 66.4 Å². The van der Waals surface area contributed by atoms with Gasteiger partial charge in [0.2, 0.25) is 0 Å². The van der Waals surface area contributed by atoms with Crippen molar-refractivity contribution in [1.82, 2.24) is 4.98 Å². The molecular weight excluding hydrogens is 350 g/mol. The molecule has 0 bridgehead atoms. The van der Waals surface area contributed by atoms with E-state index in [1.807, 2.05) is 30.3 Å². The van der Waals surface area contributed by atoms with Gasteiger partial charge in [0.05, 0.1) is 24.4 Å². The third kappa shape index (κ3) is 3.49. The number of ether oxygens (including phenoxy) is 1. The Hall–Kier alpha value is -3.52. The number of hydrogen-bond donors (Lipinski definition) is 1. The summed E-state index contributed by atoms with van der Waals surface area (Å²) in [6.07, 6.45) is 2.31. The quantitative estimate of drug-likeness (QED) is 0.726. The number of hydrogen-bond acceptors (Lipinski definition) is 5. The minimum atomic E-state index is 0.164. The van der Waals surface area contributed by atoms with Crippen LogP contribution in [-0.4, -0.2) is 30.3 Å². The van der Waals surface area contributed by atoms with Crippen molar-refractivity contribution in [2.24, 2.45) is 0 Å². The zero-order valence-corrected chi connectivity index (χ0v) is 15.7. The van der Waals surface area contributed by atoms with Crippen LogP contribution in [0.3, 0.4) is 0 Å². The van der Waals surface area contributed by atoms with E-state index in [1.54, 1.807) is 25.3 Å². The van der Waals surface area contributed by atoms with E-state index < -0.39 is 0 Å². The van der Waals surface area contributed by atoms with E-state index in [4.69, 9.17) is 15.0 Å². The first-order valence-electron chi connectivity index (χ1n) is 9.33. The van der Waals surface area contributed by atoms with Gasteiger partial charge >= 0.3 is 0 Å². The Morgan fingerprint density at radius 1 is 1.00 bits per heavy atom. The van der Waals surface area contributed by atoms with E-state index in [0.29, 0.717) is 22.6 Å². The van der Waals surface area contributed by atoms with Crippen molar-refractivity contribution in [2.45, 2.75) is 12.8 Å². The molecule has 1 N–H and O–H groups in total. The lowest BCUT2D eigenvalue weighted by Gasteiger charge is -2.19. The highest BCUT2D eigenvalue weighted by Gasteiger charge is 2.17. The third-order valence-corrected chi connectivity index (χ3v) is 5.07. The molecule has 1 saturated heterocycles. The van der Waals surface area contributed by atoms with Crippen LogP contribution in [0.2, 0.25) is 0 Å². The molecular formula is C23H21N3O2. The van der Waals surface area contributed by atoms with Gasteiger partial charge in [-0.15, -0.1) is 0 Å². The van der Waals surface area contributed by atoms with Crippen LogP contribution in [0.5, 0.6) is 11.5 Å². The van der Waals surface area contributed by atoms with Crippen molar-refractivity contribution in [3.05, 3.63) is 60.2 Å². The fraction of sp³-hybridized carbons (Fsp3) is 0.217. The number of methoxy groups -OCH3 is 1. The van der Waals surface area contributed by atoms with Crippen LogP contribution in [0.15, 0.2) is 54.6 Å². The van der Waals surface area contributed by atoms with Gasteiger partial charge in [-0.25, -0.2) is 4.98 Å². The molecule has 1 fully saturated rings. The Labute approximate surface area is 164 Å². The molecule has 0 unspecified atom stereocenters. The van der Waals surface area contributed by atoms with Gasteiger partial charge < -0.3 is 14.7 Å². The van der Waals surface area contributed by atoms with Crippen molar-refractivity contribution >= 4 is 5.82 Å². The molecule has 0 spiro atoms. The lowest BCUT2D eigenvalue weighted by Crippen LogP contribution is -2.19. The monoisotopic (exact) mass is 371 g/mol. The Balaban J connectivity index is 1.86. The number of aromatic hydroxyl groups is 1. The Morgan fingerprint density at radius 2 is 1.75 bits per heavy atom. The van der Waals surface area contributed by atoms with Crippen molar-refractivity contribution in [3.8, 4) is 40.0 Å². The van der Waals surface area contributed by atoms with Gasteiger partial charge in [0, 0.05) is 18.7 Å². The zero-order chi connectivity index (χ0) is 19.5. The summed E-state index contributed by atoms with van der Waals surface area (Å²) in [6, 6.07) is 18.9. The molecule has 2 aromatic carbocycles. The second-order valence-corrected chi connectivity index (χ2v) is 6.87. The highest BCUT2D eigenvalue weighted by Crippen LogP contribution is 2.36. The summed E-state index contributed by atoms with van der Waals surface area (Å²) in [7, 11) is 1.60. The van der Waals surface area contributed by atoms with Gasteiger partial charge in [0.25, 0.3) is 0 Å². The molecule has 5 nitrogen and oxygen atoms in total. The first-order valence-corrected chi connectivity index (χ1v) is 9.33. The summed E-state index contributed by atoms with van der Waals surface area (Å²) >= 11 is 0. The topological polar surface area (TPSA) is 69.4 Å². The average molecular weight is 371 g/mol. The van der Waals surface area contributed by atoms with Crippen molar-refractivity contribution in [1.29, 1.82) is 5.26 Å². The highest BCUT2D eigenvalue weighted by atomic mass is 16.5. The number of phenolic OH excluding ortho intramolecular Hbond substituents is 1. The molecule has 1 aliphatic rings. The van der Waals surface area contributed by atoms with Crippen LogP contribution in [0.1, 0.15) is 18.4 Å². The molecule has 0 aliphatic carbocycles. The van der Waals surface area contributed by atoms with Crippen molar-refractivity contribution in [3.63, 3.8) is 0 Å². The minimum Gasteiger partial charge on any atom is -0.507 e. The molecule has 2 heterocycles. The van der Waals surface area contributed by atoms with E-state index >= 15 is 0 Å². The smallest absolute Gasteiger partial charge is 0.129 e. The summed E-state index contributed by atoms with van der Waals surface area (Å²) in [5.74, 6) is 1.73. The van der Waals surface area contributed by atoms with Crippen molar-refractivity contribution < 1.29 is 9.84 Å². The summed E-state index contributed by atoms with van der Waals surface area (Å²) in [6.45, 7) is 1.96. The molecule has 5 heteroatoms. The average Bonchev–Trinajstić information content (AvgIpc) is 3.29. The normalized spacial score (nSPS) is 13.4. The van der Waals surface area contributed by atoms with Crippen LogP contribution in [0.25, 0.3) is 22.4 Å². The molecule has 1 aromatic heterocycles. The van der Waals surface area contributed by atoms with E-state index in [2.05, 4.69) is 17.0 Å². The number of pyridine rings is 1. The summed E-state index contributed by atoms with van der Waals surface area (Å²) in [5, 5.41) is 19.5. The van der Waals surface area contributed by atoms with Crippen LogP contribution < -0.4 is 9.64 Å². The van der Waals surface area contributed by atoms with Crippen LogP contribution in [-0.2, 0) is 0 Å². The number of rotatable bonds is 4. The van der Waals surface area contributed by atoms with Crippen LogP contribution in [0, 0.1) is 11.3 Å². The largest absolute Gasteiger partial charge is 0.507 e. The molecule has 0 atom stereocenters. The zero-order valence-electron chi connectivity index (χ0n) is 15.7. The van der Waals surface area contributed by atoms with E-state index in [0.717, 1.165) is 42.9 Å². The molecule has 3 aromatic rings. The maximum absolute atomic E-state index is 10.4. The first kappa shape index (κ1) is 17.9. The number of nitrogens with zero attached hydrogens (tertiary/aromatic N) is 3. The number of anilines is 1. The fourth-order valence-corrected chi connectivity index (χ4v) is 3.51. The summed E-state index contributed by atoms with van der Waals surface area (Å²) in [4.78, 5) is 7.11. The summed E-state index contributed by atoms with van der Waals surface area (Å²) in [5.41, 5.74) is 3.96. The number of phenols is 1. The number of aromatic nitrogens is 1. The number of benzene rings is 2. The first-order chi connectivity index (χ1) is 13.7. The highest BCUT2D eigenvalue weighted by molar-refractivity contribution is 5.77. The van der Waals surface area contributed by atoms with Crippen molar-refractivity contribution in [2.75, 3.05) is 25.1 Å².